The van der Waals surface area contributed by atoms with Gasteiger partial charge in [0.1, 0.15) is 5.82 Å². The quantitative estimate of drug-likeness (QED) is 0.703. The minimum absolute atomic E-state index is 0.0856. The highest BCUT2D eigenvalue weighted by Crippen LogP contribution is 2.22. The molecule has 0 unspecified atom stereocenters. The minimum atomic E-state index is 0.0856. The average Bonchev–Trinajstić information content (AvgIpc) is 2.04. The van der Waals surface area contributed by atoms with Gasteiger partial charge in [0.15, 0.2) is 0 Å². The second-order valence-corrected chi connectivity index (χ2v) is 3.94. The van der Waals surface area contributed by atoms with Crippen molar-refractivity contribution in [3.63, 3.8) is 0 Å². The lowest BCUT2D eigenvalue weighted by atomic mass is 9.88. The lowest BCUT2D eigenvalue weighted by Crippen LogP contribution is -2.11. The summed E-state index contributed by atoms with van der Waals surface area (Å²) >= 11 is 0. The van der Waals surface area contributed by atoms with Gasteiger partial charge in [-0.05, 0) is 23.1 Å². The first kappa shape index (κ1) is 9.71. The number of aromatic nitrogens is 1. The highest BCUT2D eigenvalue weighted by atomic mass is 16.1. The van der Waals surface area contributed by atoms with Gasteiger partial charge in [-0.3, -0.25) is 4.79 Å². The maximum Gasteiger partial charge on any atom is 0.212 e. The van der Waals surface area contributed by atoms with Crippen LogP contribution in [0.5, 0.6) is 0 Å². The van der Waals surface area contributed by atoms with Crippen LogP contribution in [0.1, 0.15) is 26.3 Å². The molecule has 0 atom stereocenters. The zero-order chi connectivity index (χ0) is 9.90. The number of nitrogens with zero attached hydrogens (tertiary/aromatic N) is 1. The Bertz CT molecular complexity index is 302. The number of anilines is 1. The van der Waals surface area contributed by atoms with E-state index in [2.05, 4.69) is 31.1 Å². The lowest BCUT2D eigenvalue weighted by Gasteiger charge is -2.18. The zero-order valence-corrected chi connectivity index (χ0v) is 8.16. The van der Waals surface area contributed by atoms with E-state index in [1.54, 1.807) is 6.20 Å². The third kappa shape index (κ3) is 2.54. The normalized spacial score (nSPS) is 11.0. The summed E-state index contributed by atoms with van der Waals surface area (Å²) in [7, 11) is 0. The fourth-order valence-corrected chi connectivity index (χ4v) is 1.04. The molecular weight excluding hydrogens is 164 g/mol. The van der Waals surface area contributed by atoms with E-state index in [0.29, 0.717) is 12.2 Å². The molecule has 1 aromatic heterocycles. The van der Waals surface area contributed by atoms with Crippen LogP contribution in [0.3, 0.4) is 0 Å². The van der Waals surface area contributed by atoms with Crippen molar-refractivity contribution in [1.82, 2.24) is 4.98 Å². The van der Waals surface area contributed by atoms with E-state index >= 15 is 0 Å². The molecule has 3 heteroatoms. The van der Waals surface area contributed by atoms with Crippen LogP contribution in [-0.4, -0.2) is 11.4 Å². The number of amides is 1. The molecule has 0 saturated carbocycles. The smallest absolute Gasteiger partial charge is 0.212 e. The largest absolute Gasteiger partial charge is 0.313 e. The Hall–Kier alpha value is -1.38. The molecule has 1 heterocycles. The van der Waals surface area contributed by atoms with Crippen LogP contribution in [-0.2, 0) is 10.2 Å². The van der Waals surface area contributed by atoms with Crippen molar-refractivity contribution in [2.24, 2.45) is 0 Å². The molecule has 0 spiro atoms. The molecule has 0 aliphatic carbocycles. The molecule has 0 bridgehead atoms. The summed E-state index contributed by atoms with van der Waals surface area (Å²) in [5, 5.41) is 2.53. The number of carbonyl (C=O) groups is 1. The predicted octanol–water partition coefficient (Wildman–Crippen LogP) is 1.95. The van der Waals surface area contributed by atoms with Crippen LogP contribution in [0.2, 0.25) is 0 Å². The van der Waals surface area contributed by atoms with Crippen LogP contribution in [0.25, 0.3) is 0 Å². The Balaban J connectivity index is 2.98. The molecular formula is C10H14N2O. The third-order valence-corrected chi connectivity index (χ3v) is 1.83. The van der Waals surface area contributed by atoms with Gasteiger partial charge in [0.05, 0.1) is 0 Å². The van der Waals surface area contributed by atoms with Gasteiger partial charge in [-0.1, -0.05) is 20.8 Å². The molecule has 1 rings (SSSR count). The molecule has 0 aliphatic rings. The first-order valence-electron chi connectivity index (χ1n) is 4.21. The lowest BCUT2D eigenvalue weighted by molar-refractivity contribution is -0.105. The van der Waals surface area contributed by atoms with E-state index in [-0.39, 0.29) is 5.41 Å². The van der Waals surface area contributed by atoms with Crippen molar-refractivity contribution in [2.75, 3.05) is 5.32 Å². The predicted molar refractivity (Wildman–Crippen MR) is 52.6 cm³/mol. The molecule has 0 aliphatic heterocycles. The number of carbonyl (C=O) groups excluding carboxylic acids is 1. The Kier molecular flexibility index (Phi) is 2.66. The minimum Gasteiger partial charge on any atom is -0.313 e. The van der Waals surface area contributed by atoms with Crippen molar-refractivity contribution in [1.29, 1.82) is 0 Å². The van der Waals surface area contributed by atoms with Gasteiger partial charge in [0.2, 0.25) is 6.41 Å². The van der Waals surface area contributed by atoms with Crippen LogP contribution >= 0.6 is 0 Å². The number of rotatable bonds is 2. The van der Waals surface area contributed by atoms with Crippen molar-refractivity contribution in [2.45, 2.75) is 26.2 Å². The topological polar surface area (TPSA) is 42.0 Å². The van der Waals surface area contributed by atoms with Gasteiger partial charge >= 0.3 is 0 Å². The molecule has 13 heavy (non-hydrogen) atoms. The Labute approximate surface area is 78.2 Å². The Morgan fingerprint density at radius 3 is 2.69 bits per heavy atom. The van der Waals surface area contributed by atoms with Gasteiger partial charge in [0.25, 0.3) is 0 Å². The molecule has 0 fully saturated rings. The van der Waals surface area contributed by atoms with Crippen LogP contribution in [0, 0.1) is 0 Å². The van der Waals surface area contributed by atoms with E-state index in [1.807, 2.05) is 12.1 Å². The highest BCUT2D eigenvalue weighted by molar-refractivity contribution is 5.68. The second-order valence-electron chi connectivity index (χ2n) is 3.94. The van der Waals surface area contributed by atoms with Crippen molar-refractivity contribution in [3.05, 3.63) is 23.9 Å². The van der Waals surface area contributed by atoms with Gasteiger partial charge in [0, 0.05) is 6.20 Å². The van der Waals surface area contributed by atoms with E-state index in [0.717, 1.165) is 5.56 Å². The zero-order valence-electron chi connectivity index (χ0n) is 8.16. The molecule has 0 aromatic carbocycles. The summed E-state index contributed by atoms with van der Waals surface area (Å²) in [6, 6.07) is 3.84. The number of pyridine rings is 1. The first-order chi connectivity index (χ1) is 6.04. The van der Waals surface area contributed by atoms with Gasteiger partial charge in [-0.2, -0.15) is 0 Å². The standard InChI is InChI=1S/C10H14N2O/c1-10(2,3)8-4-5-11-9(6-8)12-7-13/h4-7H,1-3H3,(H,11,12,13). The van der Waals surface area contributed by atoms with E-state index in [9.17, 15) is 4.79 Å². The van der Waals surface area contributed by atoms with Crippen LogP contribution in [0.15, 0.2) is 18.3 Å². The molecule has 1 aromatic rings. The molecule has 1 N–H and O–H groups in total. The number of nitrogens with one attached hydrogen (secondary N) is 1. The molecule has 0 radical (unpaired) electrons. The monoisotopic (exact) mass is 178 g/mol. The van der Waals surface area contributed by atoms with Crippen molar-refractivity contribution in [3.8, 4) is 0 Å². The fourth-order valence-electron chi connectivity index (χ4n) is 1.04. The van der Waals surface area contributed by atoms with E-state index in [4.69, 9.17) is 0 Å². The maximum atomic E-state index is 10.2. The van der Waals surface area contributed by atoms with Crippen LogP contribution < -0.4 is 5.32 Å². The molecule has 70 valence electrons. The number of hydrogen-bond acceptors (Lipinski definition) is 2. The SMILES string of the molecule is CC(C)(C)c1ccnc(NC=O)c1. The number of hydrogen-bond donors (Lipinski definition) is 1. The van der Waals surface area contributed by atoms with E-state index in [1.165, 1.54) is 0 Å². The molecule has 1 amide bonds. The highest BCUT2D eigenvalue weighted by Gasteiger charge is 2.13. The van der Waals surface area contributed by atoms with Crippen molar-refractivity contribution < 1.29 is 4.79 Å². The summed E-state index contributed by atoms with van der Waals surface area (Å²) in [6.07, 6.45) is 2.33. The Morgan fingerprint density at radius 2 is 2.15 bits per heavy atom. The fraction of sp³-hybridized carbons (Fsp3) is 0.400. The summed E-state index contributed by atoms with van der Waals surface area (Å²) in [5.41, 5.74) is 1.24. The summed E-state index contributed by atoms with van der Waals surface area (Å²) in [4.78, 5) is 14.2. The molecule has 3 nitrogen and oxygen atoms in total. The third-order valence-electron chi connectivity index (χ3n) is 1.83. The second kappa shape index (κ2) is 3.56. The maximum absolute atomic E-state index is 10.2. The summed E-state index contributed by atoms with van der Waals surface area (Å²) < 4.78 is 0. The van der Waals surface area contributed by atoms with Gasteiger partial charge in [-0.25, -0.2) is 4.98 Å². The Morgan fingerprint density at radius 1 is 1.46 bits per heavy atom. The van der Waals surface area contributed by atoms with Crippen LogP contribution in [0.4, 0.5) is 5.82 Å². The summed E-state index contributed by atoms with van der Waals surface area (Å²) in [5.74, 6) is 0.599. The van der Waals surface area contributed by atoms with E-state index < -0.39 is 0 Å². The van der Waals surface area contributed by atoms with Crippen molar-refractivity contribution >= 4 is 12.2 Å². The summed E-state index contributed by atoms with van der Waals surface area (Å²) in [6.45, 7) is 6.35. The first-order valence-corrected chi connectivity index (χ1v) is 4.21. The molecule has 0 saturated heterocycles. The van der Waals surface area contributed by atoms with Gasteiger partial charge in [-0.15, -0.1) is 0 Å². The van der Waals surface area contributed by atoms with Gasteiger partial charge < -0.3 is 5.32 Å². The average molecular weight is 178 g/mol.